The number of methoxy groups -OCH3 is 1. The normalized spacial score (nSPS) is 18.5. The number of hydrogen-bond donors (Lipinski definition) is 1. The highest BCUT2D eigenvalue weighted by Crippen LogP contribution is 2.35. The van der Waals surface area contributed by atoms with Crippen molar-refractivity contribution in [2.75, 3.05) is 78.4 Å². The van der Waals surface area contributed by atoms with E-state index in [0.717, 1.165) is 63.1 Å². The van der Waals surface area contributed by atoms with Crippen LogP contribution in [0.15, 0.2) is 49.4 Å². The van der Waals surface area contributed by atoms with Gasteiger partial charge in [-0.3, -0.25) is 9.58 Å². The number of nitriles is 1. The van der Waals surface area contributed by atoms with E-state index in [1.807, 2.05) is 29.9 Å². The van der Waals surface area contributed by atoms with E-state index in [1.165, 1.54) is 6.33 Å². The van der Waals surface area contributed by atoms with Crippen molar-refractivity contribution in [2.45, 2.75) is 57.3 Å². The van der Waals surface area contributed by atoms with Crippen LogP contribution in [0.4, 0.5) is 11.6 Å². The predicted molar refractivity (Wildman–Crippen MR) is 190 cm³/mol. The quantitative estimate of drug-likeness (QED) is 0.139. The lowest BCUT2D eigenvalue weighted by Gasteiger charge is -2.38. The van der Waals surface area contributed by atoms with Crippen LogP contribution in [-0.2, 0) is 25.5 Å². The molecular weight excluding hydrogens is 668 g/mol. The molecule has 0 bridgehead atoms. The topological polar surface area (TPSA) is 169 Å². The van der Waals surface area contributed by atoms with Gasteiger partial charge in [-0.1, -0.05) is 6.07 Å². The minimum atomic E-state index is -0.240. The van der Waals surface area contributed by atoms with E-state index in [0.29, 0.717) is 81.1 Å². The maximum Gasteiger partial charge on any atom is 0.257 e. The van der Waals surface area contributed by atoms with E-state index in [9.17, 15) is 5.26 Å². The second-order valence-electron chi connectivity index (χ2n) is 12.8. The fourth-order valence-corrected chi connectivity index (χ4v) is 6.44. The fourth-order valence-electron chi connectivity index (χ4n) is 6.44. The van der Waals surface area contributed by atoms with Crippen LogP contribution < -0.4 is 14.8 Å². The van der Waals surface area contributed by atoms with Crippen molar-refractivity contribution in [3.05, 3.63) is 55.0 Å². The second kappa shape index (κ2) is 19.3. The highest BCUT2D eigenvalue weighted by Gasteiger charge is 2.29. The first-order valence-corrected chi connectivity index (χ1v) is 17.9. The summed E-state index contributed by atoms with van der Waals surface area (Å²) in [4.78, 5) is 15.8. The molecule has 1 aliphatic carbocycles. The second-order valence-corrected chi connectivity index (χ2v) is 12.8. The molecule has 16 nitrogen and oxygen atoms in total. The van der Waals surface area contributed by atoms with E-state index >= 15 is 0 Å². The highest BCUT2D eigenvalue weighted by atomic mass is 16.6. The molecule has 278 valence electrons. The van der Waals surface area contributed by atoms with Gasteiger partial charge in [-0.2, -0.15) is 10.4 Å². The van der Waals surface area contributed by atoms with Crippen molar-refractivity contribution >= 4 is 11.6 Å². The SMILES string of the molecule is COCCOCCOCCOc1nn([C@H]2CC[C@H](N3CCOCC3)CC2)cc1Nc1ncc(-c2ccc(C#N)c(O[C@@H](C)Cn3cncn3)c2)cn1. The summed E-state index contributed by atoms with van der Waals surface area (Å²) in [6, 6.07) is 8.50. The molecule has 0 radical (unpaired) electrons. The molecule has 2 aliphatic rings. The summed E-state index contributed by atoms with van der Waals surface area (Å²) in [5.41, 5.74) is 2.72. The van der Waals surface area contributed by atoms with Crippen molar-refractivity contribution in [1.29, 1.82) is 5.26 Å². The molecule has 6 rings (SSSR count). The lowest BCUT2D eigenvalue weighted by molar-refractivity contribution is 0.00498. The predicted octanol–water partition coefficient (Wildman–Crippen LogP) is 3.89. The van der Waals surface area contributed by atoms with E-state index < -0.39 is 0 Å². The van der Waals surface area contributed by atoms with Gasteiger partial charge in [0.15, 0.2) is 0 Å². The first-order chi connectivity index (χ1) is 25.6. The van der Waals surface area contributed by atoms with Crippen LogP contribution >= 0.6 is 0 Å². The minimum Gasteiger partial charge on any atom is -0.487 e. The Labute approximate surface area is 304 Å². The Morgan fingerprint density at radius 3 is 2.40 bits per heavy atom. The molecule has 16 heteroatoms. The number of aromatic nitrogens is 7. The van der Waals surface area contributed by atoms with E-state index in [2.05, 4.69) is 36.3 Å². The zero-order valence-corrected chi connectivity index (χ0v) is 29.9. The van der Waals surface area contributed by atoms with Crippen LogP contribution in [-0.4, -0.2) is 125 Å². The van der Waals surface area contributed by atoms with Crippen molar-refractivity contribution < 1.29 is 28.4 Å². The third kappa shape index (κ3) is 10.5. The van der Waals surface area contributed by atoms with Crippen LogP contribution in [0.25, 0.3) is 11.1 Å². The molecule has 4 aromatic rings. The molecule has 2 fully saturated rings. The monoisotopic (exact) mass is 716 g/mol. The molecule has 3 aromatic heterocycles. The molecule has 1 saturated heterocycles. The Hall–Kier alpha value is -4.66. The minimum absolute atomic E-state index is 0.240. The van der Waals surface area contributed by atoms with Crippen LogP contribution in [0.5, 0.6) is 11.6 Å². The molecular formula is C36H48N10O6. The van der Waals surface area contributed by atoms with Gasteiger partial charge in [-0.05, 0) is 50.3 Å². The summed E-state index contributed by atoms with van der Waals surface area (Å²) < 4.78 is 37.7. The lowest BCUT2D eigenvalue weighted by Crippen LogP contribution is -2.45. The number of nitrogens with zero attached hydrogens (tertiary/aromatic N) is 9. The van der Waals surface area contributed by atoms with Gasteiger partial charge in [0.2, 0.25) is 5.95 Å². The van der Waals surface area contributed by atoms with Crippen LogP contribution in [0.3, 0.4) is 0 Å². The molecule has 1 saturated carbocycles. The van der Waals surface area contributed by atoms with Gasteiger partial charge in [0, 0.05) is 44.2 Å². The van der Waals surface area contributed by atoms with E-state index in [-0.39, 0.29) is 12.1 Å². The maximum atomic E-state index is 9.70. The summed E-state index contributed by atoms with van der Waals surface area (Å²) >= 11 is 0. The van der Waals surface area contributed by atoms with Gasteiger partial charge in [0.05, 0.1) is 70.6 Å². The largest absolute Gasteiger partial charge is 0.487 e. The van der Waals surface area contributed by atoms with Crippen LogP contribution in [0.1, 0.15) is 44.2 Å². The fraction of sp³-hybridized carbons (Fsp3) is 0.556. The molecule has 4 heterocycles. The number of morpholine rings is 1. The smallest absolute Gasteiger partial charge is 0.257 e. The Kier molecular flexibility index (Phi) is 13.7. The summed E-state index contributed by atoms with van der Waals surface area (Å²) in [6.07, 6.45) is 12.6. The summed E-state index contributed by atoms with van der Waals surface area (Å²) in [5, 5.41) is 22.0. The highest BCUT2D eigenvalue weighted by molar-refractivity contribution is 5.67. The molecule has 52 heavy (non-hydrogen) atoms. The van der Waals surface area contributed by atoms with Gasteiger partial charge in [-0.15, -0.1) is 5.10 Å². The molecule has 1 atom stereocenters. The van der Waals surface area contributed by atoms with E-state index in [4.69, 9.17) is 33.5 Å². The Morgan fingerprint density at radius 2 is 1.69 bits per heavy atom. The third-order valence-corrected chi connectivity index (χ3v) is 9.14. The average molecular weight is 717 g/mol. The first-order valence-electron chi connectivity index (χ1n) is 17.9. The van der Waals surface area contributed by atoms with Crippen LogP contribution in [0, 0.1) is 11.3 Å². The molecule has 1 aromatic carbocycles. The van der Waals surface area contributed by atoms with Crippen LogP contribution in [0.2, 0.25) is 0 Å². The number of anilines is 2. The van der Waals surface area contributed by atoms with Gasteiger partial charge in [0.25, 0.3) is 5.88 Å². The summed E-state index contributed by atoms with van der Waals surface area (Å²) in [5.74, 6) is 1.35. The Morgan fingerprint density at radius 1 is 0.962 bits per heavy atom. The molecule has 0 unspecified atom stereocenters. The average Bonchev–Trinajstić information content (AvgIpc) is 3.85. The lowest BCUT2D eigenvalue weighted by atomic mass is 9.90. The number of rotatable bonds is 19. The molecule has 0 amide bonds. The van der Waals surface area contributed by atoms with Crippen molar-refractivity contribution in [3.63, 3.8) is 0 Å². The van der Waals surface area contributed by atoms with Crippen molar-refractivity contribution in [2.24, 2.45) is 0 Å². The summed E-state index contributed by atoms with van der Waals surface area (Å²) in [6.45, 7) is 8.83. The number of benzene rings is 1. The van der Waals surface area contributed by atoms with Crippen molar-refractivity contribution in [3.8, 4) is 28.8 Å². The molecule has 1 aliphatic heterocycles. The van der Waals surface area contributed by atoms with Gasteiger partial charge in [-0.25, -0.2) is 19.6 Å². The molecule has 0 spiro atoms. The zero-order chi connectivity index (χ0) is 36.0. The van der Waals surface area contributed by atoms with Gasteiger partial charge >= 0.3 is 0 Å². The molecule has 1 N–H and O–H groups in total. The maximum absolute atomic E-state index is 9.70. The third-order valence-electron chi connectivity index (χ3n) is 9.14. The Bertz CT molecular complexity index is 1680. The number of ether oxygens (including phenoxy) is 6. The summed E-state index contributed by atoms with van der Waals surface area (Å²) in [7, 11) is 1.65. The van der Waals surface area contributed by atoms with Gasteiger partial charge in [0.1, 0.15) is 42.9 Å². The number of nitrogens with one attached hydrogen (secondary N) is 1. The number of hydrogen-bond acceptors (Lipinski definition) is 14. The standard InChI is InChI=1S/C36H48N10O6/c1-27(23-45-26-38-25-41-45)52-34-19-28(3-4-29(34)20-37)30-21-39-36(40-22-30)42-33-24-46(32-7-5-31(6-8-32)44-9-11-48-12-10-44)43-35(33)51-18-17-50-16-15-49-14-13-47-2/h3-4,19,21-22,24-27,31-32H,5-18,23H2,1-2H3,(H,39,40,42)/t27-,31-,32-/m0/s1. The first kappa shape index (κ1) is 37.1. The van der Waals surface area contributed by atoms with Crippen molar-refractivity contribution in [1.82, 2.24) is 39.4 Å². The van der Waals surface area contributed by atoms with Gasteiger partial charge < -0.3 is 33.7 Å². The Balaban J connectivity index is 1.10. The zero-order valence-electron chi connectivity index (χ0n) is 29.9. The van der Waals surface area contributed by atoms with E-state index in [1.54, 1.807) is 36.6 Å².